The summed E-state index contributed by atoms with van der Waals surface area (Å²) in [5.74, 6) is -0.0825. The molecule has 2 rings (SSSR count). The van der Waals surface area contributed by atoms with E-state index in [1.807, 2.05) is 31.2 Å². The van der Waals surface area contributed by atoms with Gasteiger partial charge in [0.2, 0.25) is 21.8 Å². The Balaban J connectivity index is 2.41. The van der Waals surface area contributed by atoms with Crippen LogP contribution in [0.15, 0.2) is 46.9 Å². The topological polar surface area (TPSA) is 105 Å². The second kappa shape index (κ2) is 12.8. The van der Waals surface area contributed by atoms with Crippen LogP contribution in [0.1, 0.15) is 25.8 Å². The molecule has 1 N–H and O–H groups in total. The smallest absolute Gasteiger partial charge is 0.244 e. The summed E-state index contributed by atoms with van der Waals surface area (Å²) in [6.45, 7) is 3.68. The summed E-state index contributed by atoms with van der Waals surface area (Å²) in [4.78, 5) is 27.6. The van der Waals surface area contributed by atoms with Crippen molar-refractivity contribution in [3.63, 3.8) is 0 Å². The van der Waals surface area contributed by atoms with Gasteiger partial charge in [0.25, 0.3) is 0 Å². The van der Waals surface area contributed by atoms with Crippen LogP contribution in [0.4, 0.5) is 5.69 Å². The first-order valence-corrected chi connectivity index (χ1v) is 13.7. The van der Waals surface area contributed by atoms with Gasteiger partial charge in [-0.25, -0.2) is 8.42 Å². The number of anilines is 1. The van der Waals surface area contributed by atoms with Crippen molar-refractivity contribution in [1.82, 2.24) is 10.2 Å². The minimum Gasteiger partial charge on any atom is -0.493 e. The zero-order valence-electron chi connectivity index (χ0n) is 20.6. The van der Waals surface area contributed by atoms with Gasteiger partial charge in [0.05, 0.1) is 26.2 Å². The summed E-state index contributed by atoms with van der Waals surface area (Å²) in [5.41, 5.74) is 1.04. The maximum atomic E-state index is 13.5. The predicted molar refractivity (Wildman–Crippen MR) is 139 cm³/mol. The molecule has 11 heteroatoms. The van der Waals surface area contributed by atoms with E-state index in [0.29, 0.717) is 18.0 Å². The number of carbonyl (C=O) groups excluding carboxylic acids is 2. The van der Waals surface area contributed by atoms with E-state index in [4.69, 9.17) is 9.47 Å². The third-order valence-corrected chi connectivity index (χ3v) is 6.99. The Morgan fingerprint density at radius 2 is 1.69 bits per heavy atom. The molecule has 2 aromatic carbocycles. The fraction of sp³-hybridized carbons (Fsp3) is 0.417. The van der Waals surface area contributed by atoms with Crippen molar-refractivity contribution in [3.8, 4) is 11.5 Å². The molecule has 2 amide bonds. The number of carbonyl (C=O) groups is 2. The van der Waals surface area contributed by atoms with Gasteiger partial charge in [-0.15, -0.1) is 0 Å². The van der Waals surface area contributed by atoms with Gasteiger partial charge in [0, 0.05) is 23.6 Å². The molecule has 35 heavy (non-hydrogen) atoms. The van der Waals surface area contributed by atoms with Crippen molar-refractivity contribution < 1.29 is 27.5 Å². The minimum absolute atomic E-state index is 0.135. The molecular formula is C24H32BrN3O6S. The van der Waals surface area contributed by atoms with Crippen molar-refractivity contribution in [3.05, 3.63) is 52.5 Å². The van der Waals surface area contributed by atoms with Gasteiger partial charge in [-0.1, -0.05) is 35.0 Å². The second-order valence-corrected chi connectivity index (χ2v) is 10.7. The highest BCUT2D eigenvalue weighted by atomic mass is 79.9. The fourth-order valence-corrected chi connectivity index (χ4v) is 4.46. The number of nitrogens with zero attached hydrogens (tertiary/aromatic N) is 2. The van der Waals surface area contributed by atoms with E-state index >= 15 is 0 Å². The van der Waals surface area contributed by atoms with Gasteiger partial charge in [-0.3, -0.25) is 13.9 Å². The molecule has 0 aliphatic carbocycles. The molecule has 0 radical (unpaired) electrons. The summed E-state index contributed by atoms with van der Waals surface area (Å²) >= 11 is 3.39. The normalized spacial score (nSPS) is 11.9. The number of hydrogen-bond donors (Lipinski definition) is 1. The molecule has 0 aliphatic heterocycles. The average molecular weight is 571 g/mol. The predicted octanol–water partition coefficient (Wildman–Crippen LogP) is 3.18. The van der Waals surface area contributed by atoms with E-state index in [-0.39, 0.29) is 18.1 Å². The van der Waals surface area contributed by atoms with Crippen molar-refractivity contribution in [2.75, 3.05) is 37.9 Å². The molecule has 0 saturated heterocycles. The van der Waals surface area contributed by atoms with Gasteiger partial charge in [0.15, 0.2) is 11.5 Å². The molecule has 0 saturated carbocycles. The molecule has 192 valence electrons. The first kappa shape index (κ1) is 28.4. The Labute approximate surface area is 215 Å². The zero-order chi connectivity index (χ0) is 26.2. The molecule has 1 unspecified atom stereocenters. The number of amides is 2. The number of methoxy groups -OCH3 is 2. The van der Waals surface area contributed by atoms with Crippen LogP contribution >= 0.6 is 15.9 Å². The van der Waals surface area contributed by atoms with Crippen LogP contribution in [0.5, 0.6) is 11.5 Å². The lowest BCUT2D eigenvalue weighted by Crippen LogP contribution is -2.51. The summed E-state index contributed by atoms with van der Waals surface area (Å²) < 4.78 is 37.7. The van der Waals surface area contributed by atoms with Gasteiger partial charge in [0.1, 0.15) is 12.6 Å². The van der Waals surface area contributed by atoms with Gasteiger partial charge in [-0.05, 0) is 43.2 Å². The van der Waals surface area contributed by atoms with Gasteiger partial charge in [-0.2, -0.15) is 0 Å². The Morgan fingerprint density at radius 3 is 2.23 bits per heavy atom. The lowest BCUT2D eigenvalue weighted by molar-refractivity contribution is -0.139. The number of rotatable bonds is 12. The van der Waals surface area contributed by atoms with Crippen LogP contribution < -0.4 is 19.1 Å². The molecule has 1 atom stereocenters. The number of halogens is 1. The Kier molecular flexibility index (Phi) is 10.4. The second-order valence-electron chi connectivity index (χ2n) is 7.92. The maximum absolute atomic E-state index is 13.5. The number of sulfonamides is 1. The molecule has 0 bridgehead atoms. The third kappa shape index (κ3) is 7.86. The Bertz CT molecular complexity index is 1120. The first-order valence-electron chi connectivity index (χ1n) is 11.0. The van der Waals surface area contributed by atoms with Crippen LogP contribution in [-0.4, -0.2) is 64.7 Å². The summed E-state index contributed by atoms with van der Waals surface area (Å²) in [7, 11) is -0.936. The highest BCUT2D eigenvalue weighted by Gasteiger charge is 2.30. The fourth-order valence-electron chi connectivity index (χ4n) is 3.36. The molecule has 0 aliphatic rings. The molecular weight excluding hydrogens is 538 g/mol. The summed E-state index contributed by atoms with van der Waals surface area (Å²) in [5, 5.41) is 2.80. The van der Waals surface area contributed by atoms with Crippen molar-refractivity contribution in [2.45, 2.75) is 32.9 Å². The van der Waals surface area contributed by atoms with Crippen molar-refractivity contribution >= 4 is 43.5 Å². The number of benzene rings is 2. The van der Waals surface area contributed by atoms with E-state index < -0.39 is 28.5 Å². The van der Waals surface area contributed by atoms with Crippen LogP contribution in [0.25, 0.3) is 0 Å². The van der Waals surface area contributed by atoms with Crippen molar-refractivity contribution in [1.29, 1.82) is 0 Å². The first-order chi connectivity index (χ1) is 16.5. The Morgan fingerprint density at radius 1 is 1.06 bits per heavy atom. The number of nitrogens with one attached hydrogen (secondary N) is 1. The number of ether oxygens (including phenoxy) is 2. The highest BCUT2D eigenvalue weighted by Crippen LogP contribution is 2.32. The molecule has 9 nitrogen and oxygen atoms in total. The lowest BCUT2D eigenvalue weighted by Gasteiger charge is -2.31. The standard InChI is InChI=1S/C24H32BrN3O6S/c1-6-13-26-24(30)17(2)27(15-18-7-9-19(25)10-8-18)23(29)16-28(35(5,31)32)20-11-12-21(33-3)22(14-20)34-4/h7-12,14,17H,6,13,15-16H2,1-5H3,(H,26,30). The van der Waals surface area contributed by atoms with Crippen LogP contribution in [0.3, 0.4) is 0 Å². The van der Waals surface area contributed by atoms with Crippen LogP contribution in [0, 0.1) is 0 Å². The van der Waals surface area contributed by atoms with Gasteiger partial charge < -0.3 is 19.7 Å². The SMILES string of the molecule is CCCNC(=O)C(C)N(Cc1ccc(Br)cc1)C(=O)CN(c1ccc(OC)c(OC)c1)S(C)(=O)=O. The van der Waals surface area contributed by atoms with E-state index in [9.17, 15) is 18.0 Å². The summed E-state index contributed by atoms with van der Waals surface area (Å²) in [6, 6.07) is 11.1. The molecule has 0 fully saturated rings. The quantitative estimate of drug-likeness (QED) is 0.421. The third-order valence-electron chi connectivity index (χ3n) is 5.32. The molecule has 0 heterocycles. The number of hydrogen-bond acceptors (Lipinski definition) is 6. The molecule has 2 aromatic rings. The van der Waals surface area contributed by atoms with Crippen LogP contribution in [0.2, 0.25) is 0 Å². The minimum atomic E-state index is -3.85. The highest BCUT2D eigenvalue weighted by molar-refractivity contribution is 9.10. The van der Waals surface area contributed by atoms with Crippen LogP contribution in [-0.2, 0) is 26.2 Å². The molecule has 0 aromatic heterocycles. The molecule has 0 spiro atoms. The zero-order valence-corrected chi connectivity index (χ0v) is 23.0. The van der Waals surface area contributed by atoms with E-state index in [0.717, 1.165) is 27.0 Å². The largest absolute Gasteiger partial charge is 0.493 e. The monoisotopic (exact) mass is 569 g/mol. The van der Waals surface area contributed by atoms with E-state index in [1.54, 1.807) is 13.0 Å². The van der Waals surface area contributed by atoms with Crippen molar-refractivity contribution in [2.24, 2.45) is 0 Å². The maximum Gasteiger partial charge on any atom is 0.244 e. The van der Waals surface area contributed by atoms with E-state index in [1.165, 1.54) is 31.3 Å². The van der Waals surface area contributed by atoms with Gasteiger partial charge >= 0.3 is 0 Å². The lowest BCUT2D eigenvalue weighted by atomic mass is 10.1. The Hall–Kier alpha value is -2.79. The summed E-state index contributed by atoms with van der Waals surface area (Å²) in [6.07, 6.45) is 1.77. The average Bonchev–Trinajstić information content (AvgIpc) is 2.83. The van der Waals surface area contributed by atoms with E-state index in [2.05, 4.69) is 21.2 Å².